The van der Waals surface area contributed by atoms with Crippen LogP contribution in [0, 0.1) is 0 Å². The molecule has 16 heavy (non-hydrogen) atoms. The van der Waals surface area contributed by atoms with E-state index in [0.717, 1.165) is 5.56 Å². The van der Waals surface area contributed by atoms with Gasteiger partial charge in [0.15, 0.2) is 0 Å². The number of hydrogen-bond donors (Lipinski definition) is 0. The standard InChI is InChI=1S/C12H14N2O2/c1-10-7-14(9-13-10)12(15)16-8-11-5-3-2-4-6-11/h2-6,9-10H,7-8H2,1H3/t10-/m0/s1. The average Bonchev–Trinajstić information content (AvgIpc) is 2.74. The summed E-state index contributed by atoms with van der Waals surface area (Å²) in [6, 6.07) is 9.79. The van der Waals surface area contributed by atoms with Gasteiger partial charge in [-0.2, -0.15) is 0 Å². The van der Waals surface area contributed by atoms with Crippen LogP contribution >= 0.6 is 0 Å². The maximum absolute atomic E-state index is 11.6. The number of ether oxygens (including phenoxy) is 1. The fraction of sp³-hybridized carbons (Fsp3) is 0.333. The lowest BCUT2D eigenvalue weighted by Crippen LogP contribution is -2.30. The monoisotopic (exact) mass is 218 g/mol. The van der Waals surface area contributed by atoms with E-state index in [9.17, 15) is 4.79 Å². The molecule has 0 N–H and O–H groups in total. The topological polar surface area (TPSA) is 41.9 Å². The van der Waals surface area contributed by atoms with Crippen LogP contribution in [0.1, 0.15) is 12.5 Å². The van der Waals surface area contributed by atoms with Crippen molar-refractivity contribution in [2.75, 3.05) is 6.54 Å². The molecule has 4 heteroatoms. The Kier molecular flexibility index (Phi) is 3.19. The highest BCUT2D eigenvalue weighted by molar-refractivity contribution is 5.83. The predicted octanol–water partition coefficient (Wildman–Crippen LogP) is 2.06. The molecule has 1 heterocycles. The number of carbonyl (C=O) groups excluding carboxylic acids is 1. The van der Waals surface area contributed by atoms with Crippen LogP contribution in [0.15, 0.2) is 35.3 Å². The number of rotatable bonds is 2. The van der Waals surface area contributed by atoms with Gasteiger partial charge in [0.1, 0.15) is 6.61 Å². The zero-order chi connectivity index (χ0) is 11.4. The van der Waals surface area contributed by atoms with Crippen molar-refractivity contribution >= 4 is 12.4 Å². The van der Waals surface area contributed by atoms with Crippen LogP contribution in [0.3, 0.4) is 0 Å². The van der Waals surface area contributed by atoms with Crippen molar-refractivity contribution in [2.24, 2.45) is 4.99 Å². The molecule has 4 nitrogen and oxygen atoms in total. The molecule has 84 valence electrons. The first-order chi connectivity index (χ1) is 7.75. The zero-order valence-corrected chi connectivity index (χ0v) is 9.17. The van der Waals surface area contributed by atoms with E-state index in [2.05, 4.69) is 4.99 Å². The van der Waals surface area contributed by atoms with Crippen molar-refractivity contribution in [1.29, 1.82) is 0 Å². The molecule has 0 unspecified atom stereocenters. The molecule has 0 fully saturated rings. The summed E-state index contributed by atoms with van der Waals surface area (Å²) in [7, 11) is 0. The van der Waals surface area contributed by atoms with Crippen LogP contribution < -0.4 is 0 Å². The maximum atomic E-state index is 11.6. The quantitative estimate of drug-likeness (QED) is 0.762. The van der Waals surface area contributed by atoms with Crippen LogP contribution in [0.5, 0.6) is 0 Å². The fourth-order valence-corrected chi connectivity index (χ4v) is 1.50. The van der Waals surface area contributed by atoms with Crippen molar-refractivity contribution in [3.8, 4) is 0 Å². The lowest BCUT2D eigenvalue weighted by atomic mass is 10.2. The molecule has 0 spiro atoms. The number of carbonyl (C=O) groups is 1. The van der Waals surface area contributed by atoms with Crippen molar-refractivity contribution in [1.82, 2.24) is 4.90 Å². The van der Waals surface area contributed by atoms with Crippen LogP contribution in [0.25, 0.3) is 0 Å². The average molecular weight is 218 g/mol. The Morgan fingerprint density at radius 1 is 1.50 bits per heavy atom. The zero-order valence-electron chi connectivity index (χ0n) is 9.17. The van der Waals surface area contributed by atoms with Gasteiger partial charge in [0.05, 0.1) is 18.9 Å². The van der Waals surface area contributed by atoms with Gasteiger partial charge in [-0.3, -0.25) is 9.89 Å². The molecular weight excluding hydrogens is 204 g/mol. The van der Waals surface area contributed by atoms with Crippen molar-refractivity contribution in [3.05, 3.63) is 35.9 Å². The molecular formula is C12H14N2O2. The number of hydrogen-bond acceptors (Lipinski definition) is 3. The van der Waals surface area contributed by atoms with Gasteiger partial charge in [0.2, 0.25) is 0 Å². The second-order valence-electron chi connectivity index (χ2n) is 3.81. The molecule has 1 amide bonds. The van der Waals surface area contributed by atoms with Gasteiger partial charge in [-0.25, -0.2) is 4.79 Å². The highest BCUT2D eigenvalue weighted by Crippen LogP contribution is 2.07. The maximum Gasteiger partial charge on any atom is 0.415 e. The van der Waals surface area contributed by atoms with Crippen LogP contribution in [0.2, 0.25) is 0 Å². The summed E-state index contributed by atoms with van der Waals surface area (Å²) in [6.07, 6.45) is 1.20. The summed E-state index contributed by atoms with van der Waals surface area (Å²) in [5.74, 6) is 0. The van der Waals surface area contributed by atoms with Gasteiger partial charge in [-0.05, 0) is 12.5 Å². The number of aliphatic imine (C=N–C) groups is 1. The first-order valence-corrected chi connectivity index (χ1v) is 5.26. The molecule has 1 aliphatic heterocycles. The van der Waals surface area contributed by atoms with Gasteiger partial charge in [0, 0.05) is 0 Å². The second kappa shape index (κ2) is 4.79. The normalized spacial score (nSPS) is 18.8. The summed E-state index contributed by atoms with van der Waals surface area (Å²) < 4.78 is 5.16. The van der Waals surface area contributed by atoms with Gasteiger partial charge < -0.3 is 4.74 Å². The lowest BCUT2D eigenvalue weighted by molar-refractivity contribution is 0.118. The van der Waals surface area contributed by atoms with E-state index >= 15 is 0 Å². The second-order valence-corrected chi connectivity index (χ2v) is 3.81. The summed E-state index contributed by atoms with van der Waals surface area (Å²) in [5.41, 5.74) is 0.986. The summed E-state index contributed by atoms with van der Waals surface area (Å²) in [5, 5.41) is 0. The Morgan fingerprint density at radius 3 is 2.88 bits per heavy atom. The van der Waals surface area contributed by atoms with Gasteiger partial charge in [-0.1, -0.05) is 30.3 Å². The van der Waals surface area contributed by atoms with Crippen molar-refractivity contribution in [3.63, 3.8) is 0 Å². The Morgan fingerprint density at radius 2 is 2.25 bits per heavy atom. The highest BCUT2D eigenvalue weighted by atomic mass is 16.6. The minimum absolute atomic E-state index is 0.171. The van der Waals surface area contributed by atoms with Gasteiger partial charge in [0.25, 0.3) is 0 Å². The van der Waals surface area contributed by atoms with Crippen molar-refractivity contribution in [2.45, 2.75) is 19.6 Å². The largest absolute Gasteiger partial charge is 0.444 e. The van der Waals surface area contributed by atoms with Gasteiger partial charge >= 0.3 is 6.09 Å². The molecule has 0 saturated heterocycles. The van der Waals surface area contributed by atoms with Crippen molar-refractivity contribution < 1.29 is 9.53 Å². The Hall–Kier alpha value is -1.84. The van der Waals surface area contributed by atoms with Gasteiger partial charge in [-0.15, -0.1) is 0 Å². The fourth-order valence-electron chi connectivity index (χ4n) is 1.50. The van der Waals surface area contributed by atoms with Crippen LogP contribution in [-0.4, -0.2) is 29.9 Å². The highest BCUT2D eigenvalue weighted by Gasteiger charge is 2.20. The molecule has 0 bridgehead atoms. The minimum atomic E-state index is -0.336. The van der Waals surface area contributed by atoms with Crippen LogP contribution in [0.4, 0.5) is 4.79 Å². The Balaban J connectivity index is 1.83. The third kappa shape index (κ3) is 2.59. The number of benzene rings is 1. The first kappa shape index (κ1) is 10.7. The smallest absolute Gasteiger partial charge is 0.415 e. The predicted molar refractivity (Wildman–Crippen MR) is 61.3 cm³/mol. The SMILES string of the molecule is C[C@H]1CN(C(=O)OCc2ccccc2)C=N1. The van der Waals surface area contributed by atoms with E-state index in [-0.39, 0.29) is 12.1 Å². The Bertz CT molecular complexity index is 389. The third-order valence-corrected chi connectivity index (χ3v) is 2.36. The third-order valence-electron chi connectivity index (χ3n) is 2.36. The van der Waals surface area contributed by atoms with E-state index < -0.39 is 0 Å². The molecule has 1 aromatic carbocycles. The summed E-state index contributed by atoms with van der Waals surface area (Å²) >= 11 is 0. The lowest BCUT2D eigenvalue weighted by Gasteiger charge is -2.13. The minimum Gasteiger partial charge on any atom is -0.444 e. The molecule has 1 atom stereocenters. The molecule has 0 aliphatic carbocycles. The molecule has 0 radical (unpaired) electrons. The molecule has 1 aromatic rings. The summed E-state index contributed by atoms with van der Waals surface area (Å²) in [6.45, 7) is 2.87. The van der Waals surface area contributed by atoms with E-state index in [1.165, 1.54) is 11.2 Å². The Labute approximate surface area is 94.5 Å². The van der Waals surface area contributed by atoms with E-state index in [1.54, 1.807) is 0 Å². The van der Waals surface area contributed by atoms with E-state index in [4.69, 9.17) is 4.74 Å². The molecule has 1 aliphatic rings. The molecule has 0 aromatic heterocycles. The number of amides is 1. The molecule has 2 rings (SSSR count). The first-order valence-electron chi connectivity index (χ1n) is 5.26. The van der Waals surface area contributed by atoms with Crippen LogP contribution in [-0.2, 0) is 11.3 Å². The summed E-state index contributed by atoms with van der Waals surface area (Å²) in [4.78, 5) is 17.2. The number of nitrogens with zero attached hydrogens (tertiary/aromatic N) is 2. The van der Waals surface area contributed by atoms with E-state index in [0.29, 0.717) is 13.2 Å². The van der Waals surface area contributed by atoms with E-state index in [1.807, 2.05) is 37.3 Å². The molecule has 0 saturated carbocycles.